The summed E-state index contributed by atoms with van der Waals surface area (Å²) in [6.07, 6.45) is 0.167. The van der Waals surface area contributed by atoms with Crippen LogP contribution in [0.5, 0.6) is 5.75 Å². The molecule has 0 aliphatic carbocycles. The maximum atomic E-state index is 13.5. The molecule has 4 aromatic carbocycles. The molecule has 0 fully saturated rings. The Labute approximate surface area is 218 Å². The van der Waals surface area contributed by atoms with Crippen LogP contribution in [-0.4, -0.2) is 21.0 Å². The fourth-order valence-electron chi connectivity index (χ4n) is 4.58. The van der Waals surface area contributed by atoms with E-state index in [4.69, 9.17) is 14.9 Å². The van der Waals surface area contributed by atoms with Crippen molar-refractivity contribution in [3.05, 3.63) is 95.6 Å². The largest absolute Gasteiger partial charge is 0.424 e. The predicted octanol–water partition coefficient (Wildman–Crippen LogP) is 7.32. The molecule has 0 saturated heterocycles. The maximum Gasteiger partial charge on any atom is 0.315 e. The van der Waals surface area contributed by atoms with Crippen LogP contribution in [0.15, 0.2) is 78.9 Å². The first-order valence-electron chi connectivity index (χ1n) is 12.7. The molecule has 37 heavy (non-hydrogen) atoms. The highest BCUT2D eigenvalue weighted by Gasteiger charge is 2.29. The number of benzene rings is 4. The number of rotatable bonds is 4. The number of hydrogen-bond donors (Lipinski definition) is 0. The molecule has 5 aromatic rings. The lowest BCUT2D eigenvalue weighted by Gasteiger charge is -2.28. The lowest BCUT2D eigenvalue weighted by molar-refractivity contribution is -0.133. The third-order valence-electron chi connectivity index (χ3n) is 6.68. The van der Waals surface area contributed by atoms with Gasteiger partial charge in [-0.2, -0.15) is 0 Å². The highest BCUT2D eigenvalue weighted by molar-refractivity contribution is 5.89. The first-order chi connectivity index (χ1) is 17.5. The molecule has 5 rings (SSSR count). The van der Waals surface area contributed by atoms with Crippen LogP contribution >= 0.6 is 0 Å². The van der Waals surface area contributed by atoms with Crippen molar-refractivity contribution in [1.29, 1.82) is 0 Å². The van der Waals surface area contributed by atoms with Crippen molar-refractivity contribution in [2.45, 2.75) is 58.8 Å². The minimum Gasteiger partial charge on any atom is -0.424 e. The van der Waals surface area contributed by atoms with Gasteiger partial charge in [-0.15, -0.1) is 15.0 Å². The zero-order valence-electron chi connectivity index (χ0n) is 22.4. The Bertz CT molecular complexity index is 1580. The van der Waals surface area contributed by atoms with Crippen LogP contribution in [0.4, 0.5) is 0 Å². The number of esters is 1. The van der Waals surface area contributed by atoms with Gasteiger partial charge in [-0.25, -0.2) is 0 Å². The summed E-state index contributed by atoms with van der Waals surface area (Å²) in [6, 6.07) is 26.1. The molecule has 0 aliphatic rings. The van der Waals surface area contributed by atoms with E-state index < -0.39 is 0 Å². The molecular formula is C32H33N3O2. The average Bonchev–Trinajstić information content (AvgIpc) is 3.27. The molecule has 1 aromatic heterocycles. The molecule has 0 N–H and O–H groups in total. The van der Waals surface area contributed by atoms with E-state index in [9.17, 15) is 4.79 Å². The molecule has 0 saturated carbocycles. The van der Waals surface area contributed by atoms with E-state index in [1.165, 1.54) is 0 Å². The lowest BCUT2D eigenvalue weighted by Crippen LogP contribution is -2.22. The molecule has 0 radical (unpaired) electrons. The second-order valence-electron chi connectivity index (χ2n) is 11.6. The van der Waals surface area contributed by atoms with Gasteiger partial charge in [0.2, 0.25) is 0 Å². The number of fused-ring (bicyclic) bond motifs is 2. The summed E-state index contributed by atoms with van der Waals surface area (Å²) in [5, 5.41) is 11.6. The Balaban J connectivity index is 1.64. The van der Waals surface area contributed by atoms with Gasteiger partial charge in [-0.3, -0.25) is 4.79 Å². The standard InChI is InChI=1S/C32H33N3O2/c1-31(2,3)23-19-25(32(4,5)6)30(28(20-23)35-33-26-16-9-10-17-27(26)34-35)37-29(36)18-22-14-11-13-21-12-7-8-15-24(21)22/h7-17,19-20H,18H2,1-6H3. The molecule has 0 bridgehead atoms. The smallest absolute Gasteiger partial charge is 0.315 e. The molecule has 0 unspecified atom stereocenters. The van der Waals surface area contributed by atoms with Crippen LogP contribution in [0.1, 0.15) is 58.2 Å². The van der Waals surface area contributed by atoms with E-state index in [-0.39, 0.29) is 23.2 Å². The van der Waals surface area contributed by atoms with Gasteiger partial charge in [0.05, 0.1) is 6.42 Å². The highest BCUT2D eigenvalue weighted by Crippen LogP contribution is 2.40. The lowest BCUT2D eigenvalue weighted by atomic mass is 9.79. The predicted molar refractivity (Wildman–Crippen MR) is 150 cm³/mol. The molecule has 1 heterocycles. The quantitative estimate of drug-likeness (QED) is 0.195. The Kier molecular flexibility index (Phi) is 6.10. The summed E-state index contributed by atoms with van der Waals surface area (Å²) >= 11 is 0. The van der Waals surface area contributed by atoms with Gasteiger partial charge < -0.3 is 4.74 Å². The third kappa shape index (κ3) is 4.99. The van der Waals surface area contributed by atoms with Crippen LogP contribution in [0, 0.1) is 0 Å². The topological polar surface area (TPSA) is 57.0 Å². The summed E-state index contributed by atoms with van der Waals surface area (Å²) in [5.74, 6) is 0.189. The van der Waals surface area contributed by atoms with Crippen LogP contribution in [0.25, 0.3) is 27.5 Å². The van der Waals surface area contributed by atoms with E-state index in [1.54, 1.807) is 4.80 Å². The van der Waals surface area contributed by atoms with E-state index >= 15 is 0 Å². The minimum absolute atomic E-state index is 0.118. The van der Waals surface area contributed by atoms with Crippen molar-refractivity contribution in [2.75, 3.05) is 0 Å². The van der Waals surface area contributed by atoms with Crippen LogP contribution in [0.2, 0.25) is 0 Å². The number of ether oxygens (including phenoxy) is 1. The SMILES string of the molecule is CC(C)(C)c1cc(-n2nc3ccccc3n2)c(OC(=O)Cc2cccc3ccccc23)c(C(C)(C)C)c1. The summed E-state index contributed by atoms with van der Waals surface area (Å²) in [4.78, 5) is 15.1. The van der Waals surface area contributed by atoms with E-state index in [0.29, 0.717) is 11.4 Å². The number of aromatic nitrogens is 3. The first kappa shape index (κ1) is 24.7. The number of hydrogen-bond acceptors (Lipinski definition) is 4. The van der Waals surface area contributed by atoms with E-state index in [2.05, 4.69) is 65.8 Å². The van der Waals surface area contributed by atoms with Gasteiger partial charge in [0, 0.05) is 5.56 Å². The molecule has 0 amide bonds. The van der Waals surface area contributed by atoms with Crippen molar-refractivity contribution in [1.82, 2.24) is 15.0 Å². The maximum absolute atomic E-state index is 13.5. The van der Waals surface area contributed by atoms with Crippen LogP contribution in [-0.2, 0) is 22.0 Å². The van der Waals surface area contributed by atoms with Gasteiger partial charge in [0.15, 0.2) is 5.75 Å². The number of nitrogens with zero attached hydrogens (tertiary/aromatic N) is 3. The van der Waals surface area contributed by atoms with Crippen molar-refractivity contribution in [2.24, 2.45) is 0 Å². The van der Waals surface area contributed by atoms with E-state index in [0.717, 1.165) is 38.5 Å². The van der Waals surface area contributed by atoms with Crippen molar-refractivity contribution >= 4 is 27.8 Å². The molecule has 5 heteroatoms. The van der Waals surface area contributed by atoms with Gasteiger partial charge in [-0.05, 0) is 50.9 Å². The number of carbonyl (C=O) groups excluding carboxylic acids is 1. The van der Waals surface area contributed by atoms with Gasteiger partial charge in [0.1, 0.15) is 16.7 Å². The molecule has 5 nitrogen and oxygen atoms in total. The number of carbonyl (C=O) groups is 1. The van der Waals surface area contributed by atoms with E-state index in [1.807, 2.05) is 54.6 Å². The van der Waals surface area contributed by atoms with Crippen LogP contribution in [0.3, 0.4) is 0 Å². The van der Waals surface area contributed by atoms with Gasteiger partial charge >= 0.3 is 5.97 Å². The van der Waals surface area contributed by atoms with Crippen molar-refractivity contribution in [3.8, 4) is 11.4 Å². The monoisotopic (exact) mass is 491 g/mol. The first-order valence-corrected chi connectivity index (χ1v) is 12.7. The molecular weight excluding hydrogens is 458 g/mol. The molecule has 0 atom stereocenters. The average molecular weight is 492 g/mol. The van der Waals surface area contributed by atoms with Crippen molar-refractivity contribution < 1.29 is 9.53 Å². The molecule has 0 spiro atoms. The zero-order valence-corrected chi connectivity index (χ0v) is 22.4. The zero-order chi connectivity index (χ0) is 26.4. The summed E-state index contributed by atoms with van der Waals surface area (Å²) in [5.41, 5.74) is 4.86. The van der Waals surface area contributed by atoms with Gasteiger partial charge in [-0.1, -0.05) is 102 Å². The highest BCUT2D eigenvalue weighted by atomic mass is 16.5. The summed E-state index contributed by atoms with van der Waals surface area (Å²) < 4.78 is 6.23. The Morgan fingerprint density at radius 1 is 0.784 bits per heavy atom. The second kappa shape index (κ2) is 9.15. The second-order valence-corrected chi connectivity index (χ2v) is 11.6. The molecule has 0 aliphatic heterocycles. The summed E-state index contributed by atoms with van der Waals surface area (Å²) in [6.45, 7) is 12.9. The van der Waals surface area contributed by atoms with Gasteiger partial charge in [0.25, 0.3) is 0 Å². The summed E-state index contributed by atoms with van der Waals surface area (Å²) in [7, 11) is 0. The Morgan fingerprint density at radius 2 is 1.41 bits per heavy atom. The minimum atomic E-state index is -0.316. The Hall–Kier alpha value is -3.99. The van der Waals surface area contributed by atoms with Crippen molar-refractivity contribution in [3.63, 3.8) is 0 Å². The van der Waals surface area contributed by atoms with Crippen LogP contribution < -0.4 is 4.74 Å². The Morgan fingerprint density at radius 3 is 2.05 bits per heavy atom. The third-order valence-corrected chi connectivity index (χ3v) is 6.68. The normalized spacial score (nSPS) is 12.3. The fraction of sp³-hybridized carbons (Fsp3) is 0.281. The fourth-order valence-corrected chi connectivity index (χ4v) is 4.58. The molecule has 188 valence electrons.